The van der Waals surface area contributed by atoms with Crippen LogP contribution in [-0.2, 0) is 0 Å². The third-order valence-corrected chi connectivity index (χ3v) is 2.69. The van der Waals surface area contributed by atoms with Crippen LogP contribution in [0.1, 0.15) is 49.8 Å². The second kappa shape index (κ2) is 5.82. The normalized spacial score (nSPS) is 13.1. The van der Waals surface area contributed by atoms with E-state index in [9.17, 15) is 9.90 Å². The minimum atomic E-state index is -0.525. The van der Waals surface area contributed by atoms with Gasteiger partial charge < -0.3 is 10.4 Å². The fourth-order valence-corrected chi connectivity index (χ4v) is 1.27. The Balaban J connectivity index is 2.52. The SMILES string of the molecule is CC(C)c1cc(C(=O)NCC(O)C(C)C)n[nH]1. The molecule has 1 heterocycles. The van der Waals surface area contributed by atoms with Crippen LogP contribution in [0.5, 0.6) is 0 Å². The van der Waals surface area contributed by atoms with Crippen LogP contribution in [-0.4, -0.2) is 33.9 Å². The molecule has 1 aromatic heterocycles. The minimum absolute atomic E-state index is 0.126. The number of hydrogen-bond acceptors (Lipinski definition) is 3. The van der Waals surface area contributed by atoms with Gasteiger partial charge in [-0.15, -0.1) is 0 Å². The number of amides is 1. The molecule has 1 unspecified atom stereocenters. The van der Waals surface area contributed by atoms with E-state index in [1.165, 1.54) is 0 Å². The smallest absolute Gasteiger partial charge is 0.271 e. The number of rotatable bonds is 5. The van der Waals surface area contributed by atoms with Gasteiger partial charge in [0.15, 0.2) is 0 Å². The van der Waals surface area contributed by atoms with Crippen LogP contribution in [0.2, 0.25) is 0 Å². The molecule has 0 fully saturated rings. The molecule has 5 nitrogen and oxygen atoms in total. The van der Waals surface area contributed by atoms with E-state index in [1.807, 2.05) is 27.7 Å². The first-order valence-electron chi connectivity index (χ1n) is 5.93. The van der Waals surface area contributed by atoms with Gasteiger partial charge in [-0.05, 0) is 17.9 Å². The van der Waals surface area contributed by atoms with E-state index in [4.69, 9.17) is 0 Å². The van der Waals surface area contributed by atoms with Gasteiger partial charge in [0.05, 0.1) is 6.10 Å². The summed E-state index contributed by atoms with van der Waals surface area (Å²) in [4.78, 5) is 11.7. The van der Waals surface area contributed by atoms with Crippen molar-refractivity contribution >= 4 is 5.91 Å². The van der Waals surface area contributed by atoms with E-state index in [-0.39, 0.29) is 18.4 Å². The van der Waals surface area contributed by atoms with E-state index in [0.29, 0.717) is 11.6 Å². The zero-order valence-electron chi connectivity index (χ0n) is 10.8. The predicted octanol–water partition coefficient (Wildman–Crippen LogP) is 1.28. The van der Waals surface area contributed by atoms with Crippen LogP contribution in [0.15, 0.2) is 6.07 Å². The Labute approximate surface area is 102 Å². The molecule has 0 radical (unpaired) electrons. The lowest BCUT2D eigenvalue weighted by Gasteiger charge is -2.14. The lowest BCUT2D eigenvalue weighted by Crippen LogP contribution is -2.34. The molecule has 0 saturated heterocycles. The summed E-state index contributed by atoms with van der Waals surface area (Å²) >= 11 is 0. The number of aliphatic hydroxyl groups excluding tert-OH is 1. The van der Waals surface area contributed by atoms with Gasteiger partial charge in [0, 0.05) is 12.2 Å². The number of aromatic nitrogens is 2. The first kappa shape index (κ1) is 13.7. The predicted molar refractivity (Wildman–Crippen MR) is 65.9 cm³/mol. The molecule has 0 saturated carbocycles. The molecule has 1 aromatic rings. The Kier molecular flexibility index (Phi) is 4.69. The van der Waals surface area contributed by atoms with Crippen molar-refractivity contribution in [2.24, 2.45) is 5.92 Å². The summed E-state index contributed by atoms with van der Waals surface area (Å²) in [5, 5.41) is 19.0. The van der Waals surface area contributed by atoms with Crippen molar-refractivity contribution in [3.8, 4) is 0 Å². The van der Waals surface area contributed by atoms with Crippen LogP contribution in [0, 0.1) is 5.92 Å². The molecule has 3 N–H and O–H groups in total. The number of hydrogen-bond donors (Lipinski definition) is 3. The lowest BCUT2D eigenvalue weighted by molar-refractivity contribution is 0.0867. The van der Waals surface area contributed by atoms with Crippen molar-refractivity contribution in [1.29, 1.82) is 0 Å². The number of carbonyl (C=O) groups excluding carboxylic acids is 1. The quantitative estimate of drug-likeness (QED) is 0.724. The largest absolute Gasteiger partial charge is 0.391 e. The number of carbonyl (C=O) groups is 1. The third-order valence-electron chi connectivity index (χ3n) is 2.69. The van der Waals surface area contributed by atoms with E-state index in [1.54, 1.807) is 6.07 Å². The Bertz CT molecular complexity index is 372. The fraction of sp³-hybridized carbons (Fsp3) is 0.667. The van der Waals surface area contributed by atoms with Crippen LogP contribution in [0.25, 0.3) is 0 Å². The van der Waals surface area contributed by atoms with Crippen molar-refractivity contribution in [2.75, 3.05) is 6.54 Å². The van der Waals surface area contributed by atoms with E-state index >= 15 is 0 Å². The zero-order chi connectivity index (χ0) is 13.0. The van der Waals surface area contributed by atoms with Gasteiger partial charge in [0.2, 0.25) is 0 Å². The average molecular weight is 239 g/mol. The lowest BCUT2D eigenvalue weighted by atomic mass is 10.1. The molecule has 96 valence electrons. The van der Waals surface area contributed by atoms with Gasteiger partial charge in [-0.25, -0.2) is 0 Å². The molecule has 17 heavy (non-hydrogen) atoms. The second-order valence-electron chi connectivity index (χ2n) is 4.88. The summed E-state index contributed by atoms with van der Waals surface area (Å²) in [6.07, 6.45) is -0.525. The van der Waals surface area contributed by atoms with Gasteiger partial charge in [-0.1, -0.05) is 27.7 Å². The van der Waals surface area contributed by atoms with Crippen molar-refractivity contribution in [2.45, 2.75) is 39.7 Å². The first-order valence-corrected chi connectivity index (χ1v) is 5.93. The number of aliphatic hydroxyl groups is 1. The summed E-state index contributed by atoms with van der Waals surface area (Å²) in [5.41, 5.74) is 1.30. The standard InChI is InChI=1S/C12H21N3O2/c1-7(2)9-5-10(15-14-9)12(17)13-6-11(16)8(3)4/h5,7-8,11,16H,6H2,1-4H3,(H,13,17)(H,14,15). The van der Waals surface area contributed by atoms with Crippen molar-refractivity contribution in [3.63, 3.8) is 0 Å². The van der Waals surface area contributed by atoms with E-state index < -0.39 is 6.10 Å². The van der Waals surface area contributed by atoms with Gasteiger partial charge in [-0.3, -0.25) is 9.89 Å². The van der Waals surface area contributed by atoms with Crippen molar-refractivity contribution in [1.82, 2.24) is 15.5 Å². The van der Waals surface area contributed by atoms with Gasteiger partial charge >= 0.3 is 0 Å². The molecule has 0 bridgehead atoms. The fourth-order valence-electron chi connectivity index (χ4n) is 1.27. The second-order valence-corrected chi connectivity index (χ2v) is 4.88. The van der Waals surface area contributed by atoms with Crippen LogP contribution in [0.3, 0.4) is 0 Å². The molecule has 0 aromatic carbocycles. The summed E-state index contributed by atoms with van der Waals surface area (Å²) in [5.74, 6) is 0.180. The highest BCUT2D eigenvalue weighted by Crippen LogP contribution is 2.11. The number of aromatic amines is 1. The Morgan fingerprint density at radius 2 is 2.12 bits per heavy atom. The summed E-state index contributed by atoms with van der Waals surface area (Å²) in [6, 6.07) is 1.74. The number of H-pyrrole nitrogens is 1. The molecule has 1 rings (SSSR count). The maximum Gasteiger partial charge on any atom is 0.271 e. The maximum atomic E-state index is 11.7. The first-order chi connectivity index (χ1) is 7.91. The highest BCUT2D eigenvalue weighted by molar-refractivity contribution is 5.92. The molecule has 1 atom stereocenters. The summed E-state index contributed by atoms with van der Waals surface area (Å²) in [6.45, 7) is 8.11. The molecule has 0 aliphatic rings. The highest BCUT2D eigenvalue weighted by atomic mass is 16.3. The van der Waals surface area contributed by atoms with Crippen LogP contribution >= 0.6 is 0 Å². The monoisotopic (exact) mass is 239 g/mol. The zero-order valence-corrected chi connectivity index (χ0v) is 10.8. The third kappa shape index (κ3) is 3.85. The molecule has 0 spiro atoms. The van der Waals surface area contributed by atoms with Crippen molar-refractivity contribution in [3.05, 3.63) is 17.5 Å². The Morgan fingerprint density at radius 3 is 2.59 bits per heavy atom. The van der Waals surface area contributed by atoms with E-state index in [0.717, 1.165) is 5.69 Å². The van der Waals surface area contributed by atoms with Gasteiger partial charge in [0.1, 0.15) is 5.69 Å². The highest BCUT2D eigenvalue weighted by Gasteiger charge is 2.14. The Hall–Kier alpha value is -1.36. The molecular weight excluding hydrogens is 218 g/mol. The number of nitrogens with zero attached hydrogens (tertiary/aromatic N) is 1. The van der Waals surface area contributed by atoms with Crippen LogP contribution in [0.4, 0.5) is 0 Å². The topological polar surface area (TPSA) is 78.0 Å². The summed E-state index contributed by atoms with van der Waals surface area (Å²) < 4.78 is 0. The Morgan fingerprint density at radius 1 is 1.47 bits per heavy atom. The average Bonchev–Trinajstić information content (AvgIpc) is 2.74. The molecule has 5 heteroatoms. The van der Waals surface area contributed by atoms with E-state index in [2.05, 4.69) is 15.5 Å². The molecule has 0 aliphatic carbocycles. The molecule has 0 aliphatic heterocycles. The number of nitrogens with one attached hydrogen (secondary N) is 2. The van der Waals surface area contributed by atoms with Gasteiger partial charge in [-0.2, -0.15) is 5.10 Å². The maximum absolute atomic E-state index is 11.7. The minimum Gasteiger partial charge on any atom is -0.391 e. The summed E-state index contributed by atoms with van der Waals surface area (Å²) in [7, 11) is 0. The van der Waals surface area contributed by atoms with Crippen LogP contribution < -0.4 is 5.32 Å². The van der Waals surface area contributed by atoms with Crippen molar-refractivity contribution < 1.29 is 9.90 Å². The molecule has 1 amide bonds. The van der Waals surface area contributed by atoms with Gasteiger partial charge in [0.25, 0.3) is 5.91 Å². The molecular formula is C12H21N3O2.